The average molecular weight is 462 g/mol. The number of aromatic amines is 1. The molecule has 34 heavy (non-hydrogen) atoms. The summed E-state index contributed by atoms with van der Waals surface area (Å²) in [6.07, 6.45) is -0.377. The maximum Gasteiger partial charge on any atom is 0.165 e. The van der Waals surface area contributed by atoms with Gasteiger partial charge in [-0.15, -0.1) is 0 Å². The summed E-state index contributed by atoms with van der Waals surface area (Å²) in [5, 5.41) is 21.1. The number of piperazine rings is 1. The third kappa shape index (κ3) is 3.76. The van der Waals surface area contributed by atoms with Crippen LogP contribution in [0.2, 0.25) is 0 Å². The van der Waals surface area contributed by atoms with Gasteiger partial charge >= 0.3 is 0 Å². The van der Waals surface area contributed by atoms with Gasteiger partial charge in [-0.05, 0) is 36.8 Å². The molecule has 0 amide bonds. The molecule has 4 aromatic rings. The zero-order chi connectivity index (χ0) is 23.8. The summed E-state index contributed by atoms with van der Waals surface area (Å²) < 4.78 is 42.5. The quantitative estimate of drug-likeness (QED) is 0.444. The summed E-state index contributed by atoms with van der Waals surface area (Å²) in [5.41, 5.74) is 3.30. The number of benzene rings is 2. The van der Waals surface area contributed by atoms with Gasteiger partial charge in [-0.3, -0.25) is 5.10 Å². The first-order valence-electron chi connectivity index (χ1n) is 10.9. The molecule has 5 rings (SSSR count). The van der Waals surface area contributed by atoms with Crippen LogP contribution in [0.1, 0.15) is 22.5 Å². The molecule has 0 spiro atoms. The zero-order valence-corrected chi connectivity index (χ0v) is 18.4. The maximum atomic E-state index is 14.4. The minimum Gasteiger partial charge on any atom is -0.369 e. The van der Waals surface area contributed by atoms with Crippen molar-refractivity contribution >= 4 is 16.7 Å². The smallest absolute Gasteiger partial charge is 0.165 e. The second kappa shape index (κ2) is 8.80. The topological polar surface area (TPSA) is 80.6 Å². The van der Waals surface area contributed by atoms with E-state index in [2.05, 4.69) is 31.5 Å². The fourth-order valence-corrected chi connectivity index (χ4v) is 4.46. The molecule has 172 valence electrons. The number of anilines is 1. The van der Waals surface area contributed by atoms with E-state index < -0.39 is 23.0 Å². The lowest BCUT2D eigenvalue weighted by molar-refractivity contribution is 0.482. The van der Waals surface area contributed by atoms with Crippen LogP contribution in [-0.4, -0.2) is 41.4 Å². The highest BCUT2D eigenvalue weighted by Crippen LogP contribution is 2.36. The molecule has 0 aliphatic carbocycles. The van der Waals surface area contributed by atoms with E-state index in [9.17, 15) is 18.4 Å². The van der Waals surface area contributed by atoms with Crippen molar-refractivity contribution in [2.75, 3.05) is 31.1 Å². The molecule has 2 N–H and O–H groups in total. The van der Waals surface area contributed by atoms with Crippen molar-refractivity contribution in [1.29, 1.82) is 5.26 Å². The second-order valence-electron chi connectivity index (χ2n) is 8.24. The summed E-state index contributed by atoms with van der Waals surface area (Å²) in [6.45, 7) is 5.42. The molecule has 0 unspecified atom stereocenters. The summed E-state index contributed by atoms with van der Waals surface area (Å²) in [6, 6.07) is 11.6. The molecule has 0 radical (unpaired) electrons. The normalized spacial score (nSPS) is 13.9. The van der Waals surface area contributed by atoms with Crippen LogP contribution in [0.15, 0.2) is 36.4 Å². The van der Waals surface area contributed by atoms with Gasteiger partial charge in [0.25, 0.3) is 0 Å². The number of aryl methyl sites for hydroxylation is 1. The fraction of sp³-hybridized carbons (Fsp3) is 0.240. The Morgan fingerprint density at radius 1 is 1.03 bits per heavy atom. The van der Waals surface area contributed by atoms with E-state index in [0.29, 0.717) is 22.3 Å². The van der Waals surface area contributed by atoms with Gasteiger partial charge in [0.1, 0.15) is 11.9 Å². The molecule has 6 nitrogen and oxygen atoms in total. The number of fused-ring (bicyclic) bond motifs is 1. The fourth-order valence-electron chi connectivity index (χ4n) is 4.46. The summed E-state index contributed by atoms with van der Waals surface area (Å²) in [7, 11) is 0. The number of hydrogen-bond donors (Lipinski definition) is 2. The number of rotatable bonds is 4. The van der Waals surface area contributed by atoms with E-state index in [1.807, 2.05) is 24.3 Å². The lowest BCUT2D eigenvalue weighted by Crippen LogP contribution is -2.43. The van der Waals surface area contributed by atoms with Crippen LogP contribution in [-0.2, 0) is 6.42 Å². The first-order chi connectivity index (χ1) is 16.5. The van der Waals surface area contributed by atoms with Gasteiger partial charge in [0.05, 0.1) is 22.3 Å². The Labute approximate surface area is 194 Å². The Kier molecular flexibility index (Phi) is 5.67. The minimum absolute atomic E-state index is 0.142. The maximum absolute atomic E-state index is 14.4. The van der Waals surface area contributed by atoms with Gasteiger partial charge in [0.15, 0.2) is 17.3 Å². The minimum atomic E-state index is -1.28. The largest absolute Gasteiger partial charge is 0.369 e. The van der Waals surface area contributed by atoms with Gasteiger partial charge in [-0.1, -0.05) is 12.1 Å². The Morgan fingerprint density at radius 2 is 1.74 bits per heavy atom. The number of nitrogens with zero attached hydrogens (tertiary/aromatic N) is 4. The number of nitriles is 1. The number of nitrogens with one attached hydrogen (secondary N) is 2. The van der Waals surface area contributed by atoms with E-state index >= 15 is 0 Å². The predicted octanol–water partition coefficient (Wildman–Crippen LogP) is 4.22. The van der Waals surface area contributed by atoms with Crippen LogP contribution >= 0.6 is 0 Å². The highest BCUT2D eigenvalue weighted by atomic mass is 19.2. The van der Waals surface area contributed by atoms with Crippen LogP contribution in [0.3, 0.4) is 0 Å². The second-order valence-corrected chi connectivity index (χ2v) is 8.24. The van der Waals surface area contributed by atoms with Crippen LogP contribution < -0.4 is 10.2 Å². The molecule has 1 aliphatic heterocycles. The molecule has 2 aromatic carbocycles. The van der Waals surface area contributed by atoms with Gasteiger partial charge in [0, 0.05) is 49.4 Å². The van der Waals surface area contributed by atoms with E-state index in [1.165, 1.54) is 0 Å². The Morgan fingerprint density at radius 3 is 2.44 bits per heavy atom. The number of aromatic nitrogens is 3. The highest BCUT2D eigenvalue weighted by molar-refractivity contribution is 5.98. The number of pyridine rings is 1. The van der Waals surface area contributed by atoms with E-state index in [1.54, 1.807) is 6.92 Å². The Hall–Kier alpha value is -3.90. The van der Waals surface area contributed by atoms with Crippen molar-refractivity contribution in [3.63, 3.8) is 0 Å². The molecule has 1 aliphatic rings. The molecule has 3 heterocycles. The van der Waals surface area contributed by atoms with Crippen molar-refractivity contribution in [2.24, 2.45) is 0 Å². The molecule has 0 bridgehead atoms. The SMILES string of the molecule is Cc1n[nH]c2nc(Cc3c(F)ccc(F)c3F)c(C#N)c(-c3ccc(N4CCNCC4)cc3)c12. The molecule has 2 aromatic heterocycles. The summed E-state index contributed by atoms with van der Waals surface area (Å²) in [5.74, 6) is -3.34. The first-order valence-corrected chi connectivity index (χ1v) is 10.9. The molecular formula is C25H21F3N6. The summed E-state index contributed by atoms with van der Waals surface area (Å²) >= 11 is 0. The van der Waals surface area contributed by atoms with Crippen molar-refractivity contribution in [2.45, 2.75) is 13.3 Å². The van der Waals surface area contributed by atoms with E-state index in [4.69, 9.17) is 0 Å². The lowest BCUT2D eigenvalue weighted by atomic mass is 9.93. The average Bonchev–Trinajstić information content (AvgIpc) is 3.24. The van der Waals surface area contributed by atoms with E-state index in [-0.39, 0.29) is 17.7 Å². The monoisotopic (exact) mass is 462 g/mol. The zero-order valence-electron chi connectivity index (χ0n) is 18.4. The predicted molar refractivity (Wildman–Crippen MR) is 123 cm³/mol. The summed E-state index contributed by atoms with van der Waals surface area (Å²) in [4.78, 5) is 6.72. The van der Waals surface area contributed by atoms with Crippen molar-refractivity contribution in [3.05, 3.63) is 76.4 Å². The van der Waals surface area contributed by atoms with Gasteiger partial charge in [0.2, 0.25) is 0 Å². The van der Waals surface area contributed by atoms with Crippen molar-refractivity contribution in [3.8, 4) is 17.2 Å². The third-order valence-corrected chi connectivity index (χ3v) is 6.20. The molecule has 0 atom stereocenters. The molecule has 1 fully saturated rings. The van der Waals surface area contributed by atoms with Gasteiger partial charge < -0.3 is 10.2 Å². The van der Waals surface area contributed by atoms with Crippen molar-refractivity contribution < 1.29 is 13.2 Å². The first kappa shape index (κ1) is 21.9. The van der Waals surface area contributed by atoms with E-state index in [0.717, 1.165) is 49.6 Å². The van der Waals surface area contributed by atoms with Crippen LogP contribution in [0.25, 0.3) is 22.2 Å². The van der Waals surface area contributed by atoms with Crippen molar-refractivity contribution in [1.82, 2.24) is 20.5 Å². The molecule has 1 saturated heterocycles. The molecular weight excluding hydrogens is 441 g/mol. The Balaban J connectivity index is 1.65. The Bertz CT molecular complexity index is 1420. The highest BCUT2D eigenvalue weighted by Gasteiger charge is 2.23. The number of hydrogen-bond acceptors (Lipinski definition) is 5. The number of H-pyrrole nitrogens is 1. The van der Waals surface area contributed by atoms with Crippen LogP contribution in [0.5, 0.6) is 0 Å². The standard InChI is InChI=1S/C25H21F3N6/c1-14-22-23(15-2-4-16(5-3-15)34-10-8-30-9-11-34)18(13-29)21(31-25(22)33-32-14)12-17-19(26)6-7-20(27)24(17)28/h2-7,30H,8-12H2,1H3,(H,31,32,33). The number of halogens is 3. The van der Waals surface area contributed by atoms with Gasteiger partial charge in [-0.2, -0.15) is 10.4 Å². The molecule has 0 saturated carbocycles. The van der Waals surface area contributed by atoms with Gasteiger partial charge in [-0.25, -0.2) is 18.2 Å². The molecule has 9 heteroatoms. The lowest BCUT2D eigenvalue weighted by Gasteiger charge is -2.29. The van der Waals surface area contributed by atoms with Crippen LogP contribution in [0, 0.1) is 35.7 Å². The van der Waals surface area contributed by atoms with Crippen LogP contribution in [0.4, 0.5) is 18.9 Å². The third-order valence-electron chi connectivity index (χ3n) is 6.20.